The fourth-order valence-electron chi connectivity index (χ4n) is 1.80. The van der Waals surface area contributed by atoms with Crippen LogP contribution in [-0.2, 0) is 19.5 Å². The highest BCUT2D eigenvalue weighted by Crippen LogP contribution is 2.15. The standard InChI is InChI=1S/C14H24N2O4S/c1-12(16-8-3-9-20-11-10-19-2)13-4-6-14(7-5-13)21(15,17)18/h4-7,12,16H,3,8-11H2,1-2H3,(H2,15,17,18). The summed E-state index contributed by atoms with van der Waals surface area (Å²) in [6, 6.07) is 6.73. The van der Waals surface area contributed by atoms with Gasteiger partial charge in [0.2, 0.25) is 10.0 Å². The first-order chi connectivity index (χ1) is 9.95. The number of hydrogen-bond donors (Lipinski definition) is 2. The Bertz CT molecular complexity index is 502. The van der Waals surface area contributed by atoms with Gasteiger partial charge in [-0.05, 0) is 37.6 Å². The van der Waals surface area contributed by atoms with Gasteiger partial charge in [-0.1, -0.05) is 12.1 Å². The molecule has 1 rings (SSSR count). The van der Waals surface area contributed by atoms with Crippen LogP contribution in [0.2, 0.25) is 0 Å². The number of methoxy groups -OCH3 is 1. The molecule has 0 saturated carbocycles. The van der Waals surface area contributed by atoms with Crippen molar-refractivity contribution in [3.05, 3.63) is 29.8 Å². The SMILES string of the molecule is COCCOCCCNC(C)c1ccc(S(N)(=O)=O)cc1. The number of primary sulfonamides is 1. The molecule has 0 saturated heterocycles. The fourth-order valence-corrected chi connectivity index (χ4v) is 2.32. The van der Waals surface area contributed by atoms with Crippen LogP contribution in [0.25, 0.3) is 0 Å². The van der Waals surface area contributed by atoms with Crippen molar-refractivity contribution in [2.75, 3.05) is 33.5 Å². The second kappa shape index (κ2) is 9.11. The lowest BCUT2D eigenvalue weighted by Gasteiger charge is -2.14. The van der Waals surface area contributed by atoms with E-state index in [1.165, 1.54) is 12.1 Å². The van der Waals surface area contributed by atoms with Gasteiger partial charge in [0.05, 0.1) is 18.1 Å². The highest BCUT2D eigenvalue weighted by atomic mass is 32.2. The number of sulfonamides is 1. The molecule has 0 aliphatic heterocycles. The van der Waals surface area contributed by atoms with Gasteiger partial charge >= 0.3 is 0 Å². The molecule has 0 aliphatic carbocycles. The molecule has 0 aromatic heterocycles. The summed E-state index contributed by atoms with van der Waals surface area (Å²) in [7, 11) is -1.98. The average Bonchev–Trinajstić information content (AvgIpc) is 2.45. The van der Waals surface area contributed by atoms with Gasteiger partial charge in [-0.25, -0.2) is 13.6 Å². The van der Waals surface area contributed by atoms with Crippen molar-refractivity contribution in [1.82, 2.24) is 5.32 Å². The van der Waals surface area contributed by atoms with Crippen molar-refractivity contribution in [3.63, 3.8) is 0 Å². The predicted molar refractivity (Wildman–Crippen MR) is 81.5 cm³/mol. The zero-order valence-electron chi connectivity index (χ0n) is 12.5. The fraction of sp³-hybridized carbons (Fsp3) is 0.571. The molecule has 0 fully saturated rings. The molecule has 0 bridgehead atoms. The van der Waals surface area contributed by atoms with E-state index in [-0.39, 0.29) is 10.9 Å². The third-order valence-electron chi connectivity index (χ3n) is 3.06. The van der Waals surface area contributed by atoms with Crippen LogP contribution in [0.15, 0.2) is 29.2 Å². The van der Waals surface area contributed by atoms with Gasteiger partial charge in [0, 0.05) is 19.8 Å². The molecule has 0 aliphatic rings. The summed E-state index contributed by atoms with van der Waals surface area (Å²) < 4.78 is 32.6. The van der Waals surface area contributed by atoms with Crippen LogP contribution in [0, 0.1) is 0 Å². The summed E-state index contributed by atoms with van der Waals surface area (Å²) >= 11 is 0. The normalized spacial score (nSPS) is 13.3. The summed E-state index contributed by atoms with van der Waals surface area (Å²) in [5.74, 6) is 0. The van der Waals surface area contributed by atoms with Crippen molar-refractivity contribution in [2.24, 2.45) is 5.14 Å². The summed E-state index contributed by atoms with van der Waals surface area (Å²) in [6.45, 7) is 4.76. The quantitative estimate of drug-likeness (QED) is 0.629. The van der Waals surface area contributed by atoms with Crippen LogP contribution in [-0.4, -0.2) is 41.9 Å². The van der Waals surface area contributed by atoms with Gasteiger partial charge in [-0.3, -0.25) is 0 Å². The van der Waals surface area contributed by atoms with Crippen molar-refractivity contribution in [2.45, 2.75) is 24.3 Å². The van der Waals surface area contributed by atoms with Crippen molar-refractivity contribution in [3.8, 4) is 0 Å². The Labute approximate surface area is 126 Å². The van der Waals surface area contributed by atoms with Gasteiger partial charge in [0.1, 0.15) is 0 Å². The van der Waals surface area contributed by atoms with E-state index in [2.05, 4.69) is 5.32 Å². The monoisotopic (exact) mass is 316 g/mol. The van der Waals surface area contributed by atoms with Crippen LogP contribution in [0.3, 0.4) is 0 Å². The first-order valence-electron chi connectivity index (χ1n) is 6.88. The van der Waals surface area contributed by atoms with E-state index in [4.69, 9.17) is 14.6 Å². The van der Waals surface area contributed by atoms with E-state index in [9.17, 15) is 8.42 Å². The Morgan fingerprint density at radius 3 is 2.43 bits per heavy atom. The minimum atomic E-state index is -3.62. The summed E-state index contributed by atoms with van der Waals surface area (Å²) in [6.07, 6.45) is 0.906. The Kier molecular flexibility index (Phi) is 7.84. The number of nitrogens with two attached hydrogens (primary N) is 1. The van der Waals surface area contributed by atoms with Crippen LogP contribution >= 0.6 is 0 Å². The molecule has 1 aromatic carbocycles. The largest absolute Gasteiger partial charge is 0.382 e. The van der Waals surface area contributed by atoms with Gasteiger partial charge in [-0.2, -0.15) is 0 Å². The molecule has 0 heterocycles. The number of benzene rings is 1. The Morgan fingerprint density at radius 2 is 1.86 bits per heavy atom. The minimum Gasteiger partial charge on any atom is -0.382 e. The predicted octanol–water partition coefficient (Wildman–Crippen LogP) is 1.04. The van der Waals surface area contributed by atoms with E-state index in [1.54, 1.807) is 19.2 Å². The molecular weight excluding hydrogens is 292 g/mol. The summed E-state index contributed by atoms with van der Waals surface area (Å²) in [5, 5.41) is 8.42. The zero-order valence-corrected chi connectivity index (χ0v) is 13.4. The third kappa shape index (κ3) is 7.01. The first kappa shape index (κ1) is 18.1. The molecule has 1 atom stereocenters. The maximum absolute atomic E-state index is 11.2. The zero-order chi connectivity index (χ0) is 15.7. The summed E-state index contributed by atoms with van der Waals surface area (Å²) in [4.78, 5) is 0.130. The molecule has 0 amide bonds. The molecule has 120 valence electrons. The second-order valence-electron chi connectivity index (χ2n) is 4.75. The lowest BCUT2D eigenvalue weighted by molar-refractivity contribution is 0.0693. The van der Waals surface area contributed by atoms with E-state index >= 15 is 0 Å². The minimum absolute atomic E-state index is 0.130. The van der Waals surface area contributed by atoms with Gasteiger partial charge in [0.25, 0.3) is 0 Å². The lowest BCUT2D eigenvalue weighted by Crippen LogP contribution is -2.21. The van der Waals surface area contributed by atoms with Crippen molar-refractivity contribution < 1.29 is 17.9 Å². The van der Waals surface area contributed by atoms with Crippen LogP contribution in [0.5, 0.6) is 0 Å². The number of nitrogens with one attached hydrogen (secondary N) is 1. The van der Waals surface area contributed by atoms with Gasteiger partial charge < -0.3 is 14.8 Å². The lowest BCUT2D eigenvalue weighted by atomic mass is 10.1. The molecule has 0 radical (unpaired) electrons. The van der Waals surface area contributed by atoms with Crippen LogP contribution in [0.1, 0.15) is 24.9 Å². The maximum Gasteiger partial charge on any atom is 0.238 e. The third-order valence-corrected chi connectivity index (χ3v) is 3.99. The molecular formula is C14H24N2O4S. The average molecular weight is 316 g/mol. The van der Waals surface area contributed by atoms with Gasteiger partial charge in [0.15, 0.2) is 0 Å². The molecule has 3 N–H and O–H groups in total. The van der Waals surface area contributed by atoms with E-state index in [0.29, 0.717) is 19.8 Å². The van der Waals surface area contributed by atoms with Gasteiger partial charge in [-0.15, -0.1) is 0 Å². The molecule has 1 unspecified atom stereocenters. The first-order valence-corrected chi connectivity index (χ1v) is 8.42. The van der Waals surface area contributed by atoms with Crippen LogP contribution in [0.4, 0.5) is 0 Å². The van der Waals surface area contributed by atoms with E-state index < -0.39 is 10.0 Å². The molecule has 1 aromatic rings. The highest BCUT2D eigenvalue weighted by molar-refractivity contribution is 7.89. The molecule has 0 spiro atoms. The Morgan fingerprint density at radius 1 is 1.19 bits per heavy atom. The Hall–Kier alpha value is -0.990. The number of rotatable bonds is 10. The van der Waals surface area contributed by atoms with Crippen molar-refractivity contribution >= 4 is 10.0 Å². The smallest absolute Gasteiger partial charge is 0.238 e. The second-order valence-corrected chi connectivity index (χ2v) is 6.31. The number of hydrogen-bond acceptors (Lipinski definition) is 5. The molecule has 21 heavy (non-hydrogen) atoms. The Balaban J connectivity index is 2.31. The topological polar surface area (TPSA) is 90.7 Å². The number of ether oxygens (including phenoxy) is 2. The highest BCUT2D eigenvalue weighted by Gasteiger charge is 2.09. The molecule has 7 heteroatoms. The maximum atomic E-state index is 11.2. The van der Waals surface area contributed by atoms with E-state index in [1.807, 2.05) is 6.92 Å². The summed E-state index contributed by atoms with van der Waals surface area (Å²) in [5.41, 5.74) is 1.02. The molecule has 6 nitrogen and oxygen atoms in total. The van der Waals surface area contributed by atoms with Crippen LogP contribution < -0.4 is 10.5 Å². The van der Waals surface area contributed by atoms with E-state index in [0.717, 1.165) is 18.5 Å². The van der Waals surface area contributed by atoms with Crippen molar-refractivity contribution in [1.29, 1.82) is 0 Å².